The van der Waals surface area contributed by atoms with E-state index in [1.54, 1.807) is 0 Å². The molecular formula is C14H26N2O2. The number of nitrogens with zero attached hydrogens (tertiary/aromatic N) is 1. The number of carboxylic acid groups (broad SMARTS) is 1. The van der Waals surface area contributed by atoms with Crippen LogP contribution in [-0.2, 0) is 4.79 Å². The van der Waals surface area contributed by atoms with Crippen LogP contribution in [0.15, 0.2) is 0 Å². The molecule has 0 amide bonds. The Balaban J connectivity index is 1.82. The Hall–Kier alpha value is -0.610. The van der Waals surface area contributed by atoms with E-state index in [9.17, 15) is 9.90 Å². The number of likely N-dealkylation sites (N-methyl/N-ethyl adjacent to an activating group) is 1. The quantitative estimate of drug-likeness (QED) is 0.710. The van der Waals surface area contributed by atoms with Gasteiger partial charge in [0.1, 0.15) is 6.04 Å². The summed E-state index contributed by atoms with van der Waals surface area (Å²) in [7, 11) is 2.08. The minimum absolute atomic E-state index is 0.397. The van der Waals surface area contributed by atoms with Crippen molar-refractivity contribution in [1.82, 2.24) is 10.2 Å². The highest BCUT2D eigenvalue weighted by Gasteiger charge is 2.30. The second kappa shape index (κ2) is 6.53. The van der Waals surface area contributed by atoms with Gasteiger partial charge in [0.2, 0.25) is 0 Å². The van der Waals surface area contributed by atoms with Crippen LogP contribution in [0.2, 0.25) is 0 Å². The van der Waals surface area contributed by atoms with Gasteiger partial charge in [-0.3, -0.25) is 4.79 Å². The first-order valence-corrected chi connectivity index (χ1v) is 7.36. The van der Waals surface area contributed by atoms with Crippen molar-refractivity contribution in [3.63, 3.8) is 0 Å². The summed E-state index contributed by atoms with van der Waals surface area (Å²) >= 11 is 0. The molecule has 0 bridgehead atoms. The SMILES string of the molecule is CN(CC(NC1CC1)C(=O)O)C1CCCCCC1. The van der Waals surface area contributed by atoms with Gasteiger partial charge in [0.25, 0.3) is 0 Å². The van der Waals surface area contributed by atoms with Gasteiger partial charge >= 0.3 is 5.97 Å². The van der Waals surface area contributed by atoms with Crippen LogP contribution in [0.25, 0.3) is 0 Å². The van der Waals surface area contributed by atoms with E-state index in [0.29, 0.717) is 18.6 Å². The van der Waals surface area contributed by atoms with E-state index in [1.165, 1.54) is 38.5 Å². The summed E-state index contributed by atoms with van der Waals surface area (Å²) in [5, 5.41) is 12.5. The summed E-state index contributed by atoms with van der Waals surface area (Å²) in [6.07, 6.45) is 10.00. The molecule has 0 heterocycles. The third-order valence-corrected chi connectivity index (χ3v) is 4.23. The molecule has 1 atom stereocenters. The number of nitrogens with one attached hydrogen (secondary N) is 1. The molecular weight excluding hydrogens is 228 g/mol. The maximum Gasteiger partial charge on any atom is 0.322 e. The molecule has 2 aliphatic carbocycles. The summed E-state index contributed by atoms with van der Waals surface area (Å²) < 4.78 is 0. The fourth-order valence-corrected chi connectivity index (χ4v) is 2.87. The number of carbonyl (C=O) groups is 1. The van der Waals surface area contributed by atoms with Crippen molar-refractivity contribution < 1.29 is 9.90 Å². The molecule has 1 unspecified atom stereocenters. The zero-order valence-electron chi connectivity index (χ0n) is 11.4. The molecule has 0 spiro atoms. The molecule has 2 rings (SSSR count). The Morgan fingerprint density at radius 1 is 1.22 bits per heavy atom. The molecule has 4 nitrogen and oxygen atoms in total. The molecule has 2 aliphatic rings. The van der Waals surface area contributed by atoms with Crippen molar-refractivity contribution in [3.05, 3.63) is 0 Å². The molecule has 2 saturated carbocycles. The summed E-state index contributed by atoms with van der Waals surface area (Å²) in [5.41, 5.74) is 0. The number of rotatable bonds is 6. The van der Waals surface area contributed by atoms with Crippen LogP contribution in [0, 0.1) is 0 Å². The number of hydrogen-bond donors (Lipinski definition) is 2. The topological polar surface area (TPSA) is 52.6 Å². The van der Waals surface area contributed by atoms with Gasteiger partial charge in [0.05, 0.1) is 0 Å². The van der Waals surface area contributed by atoms with Crippen LogP contribution >= 0.6 is 0 Å². The van der Waals surface area contributed by atoms with Gasteiger partial charge in [0.15, 0.2) is 0 Å². The van der Waals surface area contributed by atoms with Crippen molar-refractivity contribution >= 4 is 5.97 Å². The van der Waals surface area contributed by atoms with E-state index in [0.717, 1.165) is 12.8 Å². The van der Waals surface area contributed by atoms with Crippen molar-refractivity contribution in [2.45, 2.75) is 69.5 Å². The molecule has 0 aromatic rings. The van der Waals surface area contributed by atoms with Gasteiger partial charge in [-0.05, 0) is 32.7 Å². The van der Waals surface area contributed by atoms with Crippen LogP contribution < -0.4 is 5.32 Å². The van der Waals surface area contributed by atoms with Crippen LogP contribution in [0.1, 0.15) is 51.4 Å². The van der Waals surface area contributed by atoms with Gasteiger partial charge < -0.3 is 15.3 Å². The van der Waals surface area contributed by atoms with Gasteiger partial charge in [-0.15, -0.1) is 0 Å². The maximum atomic E-state index is 11.3. The summed E-state index contributed by atoms with van der Waals surface area (Å²) in [5.74, 6) is -0.706. The molecule has 0 aromatic heterocycles. The van der Waals surface area contributed by atoms with Crippen molar-refractivity contribution in [2.75, 3.05) is 13.6 Å². The Morgan fingerprint density at radius 2 is 1.83 bits per heavy atom. The van der Waals surface area contributed by atoms with Gasteiger partial charge in [-0.2, -0.15) is 0 Å². The van der Waals surface area contributed by atoms with Crippen LogP contribution in [0.5, 0.6) is 0 Å². The number of hydrogen-bond acceptors (Lipinski definition) is 3. The second-order valence-electron chi connectivity index (χ2n) is 5.92. The Labute approximate surface area is 110 Å². The maximum absolute atomic E-state index is 11.3. The summed E-state index contributed by atoms with van der Waals surface area (Å²) in [6, 6.07) is 0.634. The Kier molecular flexibility index (Phi) is 5.01. The van der Waals surface area contributed by atoms with E-state index in [-0.39, 0.29) is 0 Å². The molecule has 18 heavy (non-hydrogen) atoms. The molecule has 104 valence electrons. The highest BCUT2D eigenvalue weighted by molar-refractivity contribution is 5.73. The van der Waals surface area contributed by atoms with Gasteiger partial charge in [0, 0.05) is 18.6 Å². The first-order chi connectivity index (χ1) is 8.66. The average Bonchev–Trinajstić information content (AvgIpc) is 3.14. The highest BCUT2D eigenvalue weighted by Crippen LogP contribution is 2.22. The lowest BCUT2D eigenvalue weighted by Crippen LogP contribution is -2.48. The smallest absolute Gasteiger partial charge is 0.322 e. The monoisotopic (exact) mass is 254 g/mol. The molecule has 0 aliphatic heterocycles. The van der Waals surface area contributed by atoms with E-state index in [1.807, 2.05) is 0 Å². The number of carboxylic acids is 1. The molecule has 2 N–H and O–H groups in total. The lowest BCUT2D eigenvalue weighted by molar-refractivity contribution is -0.140. The standard InChI is InChI=1S/C14H26N2O2/c1-16(12-6-4-2-3-5-7-12)10-13(14(17)18)15-11-8-9-11/h11-13,15H,2-10H2,1H3,(H,17,18). The average molecular weight is 254 g/mol. The molecule has 0 aromatic carbocycles. The summed E-state index contributed by atoms with van der Waals surface area (Å²) in [4.78, 5) is 13.5. The first-order valence-electron chi connectivity index (χ1n) is 7.36. The molecule has 2 fully saturated rings. The molecule has 0 radical (unpaired) electrons. The first kappa shape index (κ1) is 13.8. The zero-order valence-corrected chi connectivity index (χ0v) is 11.4. The van der Waals surface area contributed by atoms with Crippen LogP contribution in [0.3, 0.4) is 0 Å². The Morgan fingerprint density at radius 3 is 2.33 bits per heavy atom. The predicted octanol–water partition coefficient (Wildman–Crippen LogP) is 1.85. The van der Waals surface area contributed by atoms with Crippen LogP contribution in [-0.4, -0.2) is 47.7 Å². The van der Waals surface area contributed by atoms with Crippen LogP contribution in [0.4, 0.5) is 0 Å². The third kappa shape index (κ3) is 4.25. The summed E-state index contributed by atoms with van der Waals surface area (Å²) in [6.45, 7) is 0.635. The largest absolute Gasteiger partial charge is 0.480 e. The highest BCUT2D eigenvalue weighted by atomic mass is 16.4. The van der Waals surface area contributed by atoms with E-state index in [4.69, 9.17) is 0 Å². The Bertz CT molecular complexity index is 271. The van der Waals surface area contributed by atoms with Gasteiger partial charge in [-0.25, -0.2) is 0 Å². The van der Waals surface area contributed by atoms with E-state index in [2.05, 4.69) is 17.3 Å². The minimum atomic E-state index is -0.706. The lowest BCUT2D eigenvalue weighted by Gasteiger charge is -2.29. The van der Waals surface area contributed by atoms with Gasteiger partial charge in [-0.1, -0.05) is 25.7 Å². The van der Waals surface area contributed by atoms with Crippen molar-refractivity contribution in [2.24, 2.45) is 0 Å². The third-order valence-electron chi connectivity index (χ3n) is 4.23. The lowest BCUT2D eigenvalue weighted by atomic mass is 10.1. The minimum Gasteiger partial charge on any atom is -0.480 e. The predicted molar refractivity (Wildman–Crippen MR) is 71.7 cm³/mol. The van der Waals surface area contributed by atoms with Crippen molar-refractivity contribution in [1.29, 1.82) is 0 Å². The fraction of sp³-hybridized carbons (Fsp3) is 0.929. The number of aliphatic carboxylic acids is 1. The molecule has 0 saturated heterocycles. The van der Waals surface area contributed by atoms with E-state index >= 15 is 0 Å². The fourth-order valence-electron chi connectivity index (χ4n) is 2.87. The van der Waals surface area contributed by atoms with E-state index < -0.39 is 12.0 Å². The normalized spacial score (nSPS) is 23.9. The van der Waals surface area contributed by atoms with Crippen molar-refractivity contribution in [3.8, 4) is 0 Å². The second-order valence-corrected chi connectivity index (χ2v) is 5.92. The molecule has 4 heteroatoms. The zero-order chi connectivity index (χ0) is 13.0.